The maximum absolute atomic E-state index is 12.0. The van der Waals surface area contributed by atoms with E-state index < -0.39 is 17.6 Å². The van der Waals surface area contributed by atoms with Crippen molar-refractivity contribution in [2.75, 3.05) is 6.61 Å². The molecule has 0 spiro atoms. The van der Waals surface area contributed by atoms with Crippen molar-refractivity contribution in [3.8, 4) is 0 Å². The number of para-hydroxylation sites is 2. The Labute approximate surface area is 136 Å². The molecule has 2 aromatic carbocycles. The summed E-state index contributed by atoms with van der Waals surface area (Å²) in [6, 6.07) is 12.9. The summed E-state index contributed by atoms with van der Waals surface area (Å²) < 4.78 is 11.6. The number of esters is 1. The van der Waals surface area contributed by atoms with Crippen molar-refractivity contribution in [2.24, 2.45) is 5.73 Å². The molecule has 0 unspecified atom stereocenters. The Morgan fingerprint density at radius 3 is 2.62 bits per heavy atom. The van der Waals surface area contributed by atoms with Gasteiger partial charge in [0.25, 0.3) is 0 Å². The number of amides is 1. The van der Waals surface area contributed by atoms with Crippen LogP contribution in [0.5, 0.6) is 0 Å². The highest BCUT2D eigenvalue weighted by molar-refractivity contribution is 5.97. The molecule has 0 aliphatic rings. The van der Waals surface area contributed by atoms with Gasteiger partial charge in [-0.15, -0.1) is 0 Å². The number of hydrogen-bond donors (Lipinski definition) is 1. The van der Waals surface area contributed by atoms with E-state index in [-0.39, 0.29) is 24.3 Å². The Hall–Kier alpha value is -3.35. The third-order valence-electron chi connectivity index (χ3n) is 3.50. The second-order valence-corrected chi connectivity index (χ2v) is 5.07. The van der Waals surface area contributed by atoms with E-state index in [0.29, 0.717) is 11.1 Å². The Bertz CT molecular complexity index is 970. The van der Waals surface area contributed by atoms with Crippen LogP contribution in [-0.2, 0) is 11.3 Å². The van der Waals surface area contributed by atoms with Gasteiger partial charge in [-0.1, -0.05) is 18.2 Å². The van der Waals surface area contributed by atoms with Crippen molar-refractivity contribution < 1.29 is 18.7 Å². The number of carbonyl (C=O) groups is 2. The highest BCUT2D eigenvalue weighted by atomic mass is 16.5. The maximum atomic E-state index is 12.0. The summed E-state index contributed by atoms with van der Waals surface area (Å²) in [7, 11) is 0. The minimum Gasteiger partial charge on any atom is -0.460 e. The molecule has 3 rings (SSSR count). The average Bonchev–Trinajstić information content (AvgIpc) is 2.90. The lowest BCUT2D eigenvalue weighted by Crippen LogP contribution is -2.19. The second-order valence-electron chi connectivity index (χ2n) is 5.07. The number of nitrogens with two attached hydrogens (primary N) is 1. The standard InChI is InChI=1S/C17H14N2O5/c18-15(20)11-4-3-5-12(10-11)16(21)23-9-8-19-13-6-1-2-7-14(13)24-17(19)22/h1-7,10H,8-9H2,(H2,18,20). The summed E-state index contributed by atoms with van der Waals surface area (Å²) in [5.41, 5.74) is 6.73. The van der Waals surface area contributed by atoms with Crippen LogP contribution in [0.4, 0.5) is 0 Å². The Kier molecular flexibility index (Phi) is 4.15. The minimum absolute atomic E-state index is 0.0108. The van der Waals surface area contributed by atoms with Crippen LogP contribution in [0.25, 0.3) is 11.1 Å². The van der Waals surface area contributed by atoms with E-state index in [9.17, 15) is 14.4 Å². The molecule has 0 radical (unpaired) electrons. The second kappa shape index (κ2) is 6.41. The number of benzene rings is 2. The van der Waals surface area contributed by atoms with E-state index in [2.05, 4.69) is 0 Å². The van der Waals surface area contributed by atoms with Crippen LogP contribution in [0.2, 0.25) is 0 Å². The molecule has 0 aliphatic carbocycles. The van der Waals surface area contributed by atoms with Crippen molar-refractivity contribution in [2.45, 2.75) is 6.54 Å². The van der Waals surface area contributed by atoms with Crippen LogP contribution in [-0.4, -0.2) is 23.1 Å². The number of aromatic nitrogens is 1. The summed E-state index contributed by atoms with van der Waals surface area (Å²) in [5.74, 6) is -1.73. The molecule has 0 saturated heterocycles. The van der Waals surface area contributed by atoms with Gasteiger partial charge < -0.3 is 14.9 Å². The molecule has 0 bridgehead atoms. The first-order valence-corrected chi connectivity index (χ1v) is 7.21. The van der Waals surface area contributed by atoms with Gasteiger partial charge in [0.1, 0.15) is 6.61 Å². The Balaban J connectivity index is 1.69. The number of fused-ring (bicyclic) bond motifs is 1. The maximum Gasteiger partial charge on any atom is 0.420 e. The van der Waals surface area contributed by atoms with E-state index in [0.717, 1.165) is 0 Å². The minimum atomic E-state index is -0.624. The largest absolute Gasteiger partial charge is 0.460 e. The van der Waals surface area contributed by atoms with E-state index in [1.807, 2.05) is 0 Å². The molecular weight excluding hydrogens is 312 g/mol. The number of primary amides is 1. The first-order valence-electron chi connectivity index (χ1n) is 7.21. The normalized spacial score (nSPS) is 10.7. The number of oxazole rings is 1. The fraction of sp³-hybridized carbons (Fsp3) is 0.118. The monoisotopic (exact) mass is 326 g/mol. The topological polar surface area (TPSA) is 105 Å². The van der Waals surface area contributed by atoms with Crippen molar-refractivity contribution in [3.05, 3.63) is 70.2 Å². The molecule has 0 fully saturated rings. The van der Waals surface area contributed by atoms with Crippen LogP contribution in [0.3, 0.4) is 0 Å². The zero-order valence-corrected chi connectivity index (χ0v) is 12.6. The molecule has 122 valence electrons. The predicted molar refractivity (Wildman–Crippen MR) is 85.7 cm³/mol. The molecule has 0 saturated carbocycles. The van der Waals surface area contributed by atoms with Gasteiger partial charge >= 0.3 is 11.7 Å². The molecule has 3 aromatic rings. The Morgan fingerprint density at radius 1 is 1.08 bits per heavy atom. The number of carbonyl (C=O) groups excluding carboxylic acids is 2. The van der Waals surface area contributed by atoms with Gasteiger partial charge in [0.05, 0.1) is 17.6 Å². The van der Waals surface area contributed by atoms with Crippen molar-refractivity contribution >= 4 is 23.0 Å². The van der Waals surface area contributed by atoms with Gasteiger partial charge in [-0.05, 0) is 30.3 Å². The molecule has 0 atom stereocenters. The zero-order chi connectivity index (χ0) is 17.1. The number of ether oxygens (including phenoxy) is 1. The lowest BCUT2D eigenvalue weighted by Gasteiger charge is -2.06. The summed E-state index contributed by atoms with van der Waals surface area (Å²) >= 11 is 0. The van der Waals surface area contributed by atoms with Gasteiger partial charge in [0.2, 0.25) is 5.91 Å². The third kappa shape index (κ3) is 3.05. The predicted octanol–water partition coefficient (Wildman–Crippen LogP) is 1.55. The molecule has 1 heterocycles. The average molecular weight is 326 g/mol. The quantitative estimate of drug-likeness (QED) is 0.716. The van der Waals surface area contributed by atoms with Crippen LogP contribution < -0.4 is 11.5 Å². The Morgan fingerprint density at radius 2 is 1.83 bits per heavy atom. The first-order chi connectivity index (χ1) is 11.6. The zero-order valence-electron chi connectivity index (χ0n) is 12.6. The molecule has 1 amide bonds. The van der Waals surface area contributed by atoms with Crippen molar-refractivity contribution in [1.29, 1.82) is 0 Å². The number of nitrogens with zero attached hydrogens (tertiary/aromatic N) is 1. The molecule has 0 aliphatic heterocycles. The summed E-state index contributed by atoms with van der Waals surface area (Å²) in [6.45, 7) is 0.153. The van der Waals surface area contributed by atoms with E-state index in [1.165, 1.54) is 22.8 Å². The van der Waals surface area contributed by atoms with Crippen LogP contribution in [0.15, 0.2) is 57.7 Å². The third-order valence-corrected chi connectivity index (χ3v) is 3.50. The summed E-state index contributed by atoms with van der Waals surface area (Å²) in [4.78, 5) is 34.9. The number of hydrogen-bond acceptors (Lipinski definition) is 5. The fourth-order valence-electron chi connectivity index (χ4n) is 2.34. The molecule has 24 heavy (non-hydrogen) atoms. The lowest BCUT2D eigenvalue weighted by atomic mass is 10.1. The SMILES string of the molecule is NC(=O)c1cccc(C(=O)OCCn2c(=O)oc3ccccc32)c1. The van der Waals surface area contributed by atoms with Gasteiger partial charge in [0, 0.05) is 5.56 Å². The van der Waals surface area contributed by atoms with Crippen molar-refractivity contribution in [1.82, 2.24) is 4.57 Å². The van der Waals surface area contributed by atoms with Crippen molar-refractivity contribution in [3.63, 3.8) is 0 Å². The first kappa shape index (κ1) is 15.5. The van der Waals surface area contributed by atoms with Gasteiger partial charge in [-0.2, -0.15) is 0 Å². The lowest BCUT2D eigenvalue weighted by molar-refractivity contribution is 0.0490. The van der Waals surface area contributed by atoms with Gasteiger partial charge in [-0.25, -0.2) is 9.59 Å². The highest BCUT2D eigenvalue weighted by Gasteiger charge is 2.12. The molecule has 1 aromatic heterocycles. The van der Waals surface area contributed by atoms with E-state index in [4.69, 9.17) is 14.9 Å². The number of rotatable bonds is 5. The van der Waals surface area contributed by atoms with Gasteiger partial charge in [0.15, 0.2) is 5.58 Å². The van der Waals surface area contributed by atoms with E-state index in [1.54, 1.807) is 30.3 Å². The van der Waals surface area contributed by atoms with Crippen LogP contribution in [0.1, 0.15) is 20.7 Å². The molecule has 7 heteroatoms. The smallest absolute Gasteiger partial charge is 0.420 e. The highest BCUT2D eigenvalue weighted by Crippen LogP contribution is 2.12. The fourth-order valence-corrected chi connectivity index (χ4v) is 2.34. The molecule has 2 N–H and O–H groups in total. The summed E-state index contributed by atoms with van der Waals surface area (Å²) in [5, 5.41) is 0. The van der Waals surface area contributed by atoms with E-state index >= 15 is 0 Å². The van der Waals surface area contributed by atoms with Crippen LogP contribution >= 0.6 is 0 Å². The van der Waals surface area contributed by atoms with Gasteiger partial charge in [-0.3, -0.25) is 9.36 Å². The molecule has 7 nitrogen and oxygen atoms in total. The van der Waals surface area contributed by atoms with Crippen LogP contribution in [0, 0.1) is 0 Å². The molecular formula is C17H14N2O5. The summed E-state index contributed by atoms with van der Waals surface area (Å²) in [6.07, 6.45) is 0.